The maximum Gasteiger partial charge on any atom is 0.185 e. The molecule has 196 valence electrons. The van der Waals surface area contributed by atoms with Crippen molar-refractivity contribution in [2.24, 2.45) is 0 Å². The predicted molar refractivity (Wildman–Crippen MR) is 153 cm³/mol. The third-order valence-electron chi connectivity index (χ3n) is 6.66. The number of methoxy groups -OCH3 is 2. The zero-order valence-electron chi connectivity index (χ0n) is 22.2. The van der Waals surface area contributed by atoms with E-state index < -0.39 is 0 Å². The molecule has 5 nitrogen and oxygen atoms in total. The van der Waals surface area contributed by atoms with Crippen molar-refractivity contribution in [3.63, 3.8) is 0 Å². The van der Waals surface area contributed by atoms with E-state index in [1.807, 2.05) is 79.7 Å². The van der Waals surface area contributed by atoms with Crippen molar-refractivity contribution in [1.29, 1.82) is 0 Å². The number of hydrogen-bond acceptors (Lipinski definition) is 5. The van der Waals surface area contributed by atoms with Gasteiger partial charge >= 0.3 is 0 Å². The van der Waals surface area contributed by atoms with Gasteiger partial charge in [-0.3, -0.25) is 4.79 Å². The van der Waals surface area contributed by atoms with Crippen LogP contribution in [0.15, 0.2) is 115 Å². The first-order valence-electron chi connectivity index (χ1n) is 12.9. The maximum absolute atomic E-state index is 13.2. The average molecular weight is 519 g/mol. The van der Waals surface area contributed by atoms with Gasteiger partial charge in [-0.2, -0.15) is 0 Å². The molecule has 0 amide bonds. The normalized spacial score (nSPS) is 14.5. The third kappa shape index (κ3) is 5.43. The highest BCUT2D eigenvalue weighted by molar-refractivity contribution is 6.05. The fourth-order valence-electron chi connectivity index (χ4n) is 4.80. The maximum atomic E-state index is 13.2. The Morgan fingerprint density at radius 3 is 2.28 bits per heavy atom. The van der Waals surface area contributed by atoms with E-state index in [2.05, 4.69) is 18.2 Å². The van der Waals surface area contributed by atoms with Gasteiger partial charge in [0.05, 0.1) is 20.8 Å². The lowest BCUT2D eigenvalue weighted by atomic mass is 9.81. The van der Waals surface area contributed by atoms with Crippen molar-refractivity contribution in [3.05, 3.63) is 137 Å². The Bertz CT molecular complexity index is 1520. The molecule has 1 heterocycles. The van der Waals surface area contributed by atoms with Gasteiger partial charge in [-0.05, 0) is 67.1 Å². The highest BCUT2D eigenvalue weighted by Crippen LogP contribution is 2.47. The molecule has 5 rings (SSSR count). The van der Waals surface area contributed by atoms with Crippen LogP contribution in [-0.2, 0) is 0 Å². The Hall–Kier alpha value is -4.77. The second kappa shape index (κ2) is 11.7. The van der Waals surface area contributed by atoms with Gasteiger partial charge in [-0.1, -0.05) is 54.6 Å². The predicted octanol–water partition coefficient (Wildman–Crippen LogP) is 7.48. The summed E-state index contributed by atoms with van der Waals surface area (Å²) in [5.74, 6) is 3.12. The van der Waals surface area contributed by atoms with Crippen molar-refractivity contribution < 1.29 is 23.7 Å². The van der Waals surface area contributed by atoms with E-state index in [0.29, 0.717) is 29.4 Å². The number of carbonyl (C=O) groups excluding carboxylic acids is 1. The van der Waals surface area contributed by atoms with E-state index in [1.54, 1.807) is 32.4 Å². The largest absolute Gasteiger partial charge is 0.494 e. The third-order valence-corrected chi connectivity index (χ3v) is 6.66. The number of carbonyl (C=O) groups is 1. The van der Waals surface area contributed by atoms with Crippen molar-refractivity contribution >= 4 is 11.5 Å². The van der Waals surface area contributed by atoms with Gasteiger partial charge in [-0.25, -0.2) is 0 Å². The van der Waals surface area contributed by atoms with Gasteiger partial charge < -0.3 is 18.9 Å². The van der Waals surface area contributed by atoms with Crippen molar-refractivity contribution in [2.45, 2.75) is 12.8 Å². The first-order valence-corrected chi connectivity index (χ1v) is 12.9. The van der Waals surface area contributed by atoms with Crippen LogP contribution >= 0.6 is 0 Å². The van der Waals surface area contributed by atoms with Crippen molar-refractivity contribution in [3.8, 4) is 23.0 Å². The van der Waals surface area contributed by atoms with Gasteiger partial charge in [0.15, 0.2) is 17.3 Å². The molecule has 0 spiro atoms. The van der Waals surface area contributed by atoms with E-state index in [9.17, 15) is 4.79 Å². The summed E-state index contributed by atoms with van der Waals surface area (Å²) in [5.41, 5.74) is 4.39. The van der Waals surface area contributed by atoms with E-state index in [1.165, 1.54) is 0 Å². The number of ketones is 1. The second-order valence-corrected chi connectivity index (χ2v) is 8.99. The summed E-state index contributed by atoms with van der Waals surface area (Å²) in [6.45, 7) is 2.50. The monoisotopic (exact) mass is 518 g/mol. The Labute approximate surface area is 228 Å². The fourth-order valence-corrected chi connectivity index (χ4v) is 4.80. The van der Waals surface area contributed by atoms with Gasteiger partial charge in [0.25, 0.3) is 0 Å². The molecule has 0 bridgehead atoms. The minimum Gasteiger partial charge on any atom is -0.494 e. The SMILES string of the molecule is CCOc1ccc(C(=O)/C=C/C2=C(c3ccc(OC)c(OC)c3)Oc3ccccc3[C@@H]2c2ccccc2)cc1. The van der Waals surface area contributed by atoms with E-state index in [-0.39, 0.29) is 11.7 Å². The highest BCUT2D eigenvalue weighted by atomic mass is 16.5. The number of fused-ring (bicyclic) bond motifs is 1. The molecule has 0 unspecified atom stereocenters. The summed E-state index contributed by atoms with van der Waals surface area (Å²) in [6, 6.07) is 31.1. The first-order chi connectivity index (χ1) is 19.1. The molecule has 0 saturated heterocycles. The van der Waals surface area contributed by atoms with Gasteiger partial charge in [-0.15, -0.1) is 0 Å². The molecule has 5 heteroatoms. The minimum absolute atomic E-state index is 0.108. The summed E-state index contributed by atoms with van der Waals surface area (Å²) in [6.07, 6.45) is 3.48. The van der Waals surface area contributed by atoms with Crippen LogP contribution in [0.3, 0.4) is 0 Å². The van der Waals surface area contributed by atoms with Crippen LogP contribution in [0.2, 0.25) is 0 Å². The molecule has 0 N–H and O–H groups in total. The molecule has 1 atom stereocenters. The molecule has 0 aromatic heterocycles. The van der Waals surface area contributed by atoms with Crippen LogP contribution in [0.5, 0.6) is 23.0 Å². The summed E-state index contributed by atoms with van der Waals surface area (Å²) in [4.78, 5) is 13.2. The van der Waals surface area contributed by atoms with Crippen LogP contribution < -0.4 is 18.9 Å². The van der Waals surface area contributed by atoms with E-state index in [0.717, 1.165) is 33.8 Å². The molecule has 1 aliphatic heterocycles. The smallest absolute Gasteiger partial charge is 0.185 e. The molecule has 0 saturated carbocycles. The summed E-state index contributed by atoms with van der Waals surface area (Å²) in [5, 5.41) is 0. The number of allylic oxidation sites excluding steroid dienone is 3. The molecule has 1 aliphatic rings. The van der Waals surface area contributed by atoms with E-state index >= 15 is 0 Å². The molecular weight excluding hydrogens is 488 g/mol. The molecule has 4 aromatic carbocycles. The number of ether oxygens (including phenoxy) is 4. The highest BCUT2D eigenvalue weighted by Gasteiger charge is 2.31. The molecule has 4 aromatic rings. The quantitative estimate of drug-likeness (QED) is 0.170. The topological polar surface area (TPSA) is 54.0 Å². The summed E-state index contributed by atoms with van der Waals surface area (Å²) < 4.78 is 23.1. The van der Waals surface area contributed by atoms with Crippen LogP contribution in [0, 0.1) is 0 Å². The van der Waals surface area contributed by atoms with Crippen molar-refractivity contribution in [2.75, 3.05) is 20.8 Å². The molecular formula is C34H30O5. The van der Waals surface area contributed by atoms with E-state index in [4.69, 9.17) is 18.9 Å². The molecule has 0 fully saturated rings. The summed E-state index contributed by atoms with van der Waals surface area (Å²) >= 11 is 0. The Kier molecular flexibility index (Phi) is 7.78. The Morgan fingerprint density at radius 2 is 1.56 bits per heavy atom. The van der Waals surface area contributed by atoms with Crippen LogP contribution in [0.1, 0.15) is 39.9 Å². The Balaban J connectivity index is 1.65. The van der Waals surface area contributed by atoms with Crippen LogP contribution in [0.25, 0.3) is 5.76 Å². The van der Waals surface area contributed by atoms with Crippen molar-refractivity contribution in [1.82, 2.24) is 0 Å². The Morgan fingerprint density at radius 1 is 0.846 bits per heavy atom. The molecule has 39 heavy (non-hydrogen) atoms. The second-order valence-electron chi connectivity index (χ2n) is 8.99. The lowest BCUT2D eigenvalue weighted by molar-refractivity contribution is 0.104. The number of rotatable bonds is 9. The van der Waals surface area contributed by atoms with Crippen LogP contribution in [0.4, 0.5) is 0 Å². The van der Waals surface area contributed by atoms with Gasteiger partial charge in [0.1, 0.15) is 17.3 Å². The minimum atomic E-state index is -0.149. The number of benzene rings is 4. The van der Waals surface area contributed by atoms with Gasteiger partial charge in [0.2, 0.25) is 0 Å². The zero-order chi connectivity index (χ0) is 27.2. The standard InChI is InChI=1S/C34H30O5/c1-4-38-26-17-14-23(15-18-26)29(35)20-19-28-33(24-10-6-5-7-11-24)27-12-8-9-13-30(27)39-34(28)25-16-21-31(36-2)32(22-25)37-3/h5-22,33H,4H2,1-3H3/b20-19+/t33-/m0/s1. The molecule has 0 radical (unpaired) electrons. The van der Waals surface area contributed by atoms with Gasteiger partial charge in [0, 0.05) is 28.2 Å². The lowest BCUT2D eigenvalue weighted by Gasteiger charge is -2.30. The molecule has 0 aliphatic carbocycles. The summed E-state index contributed by atoms with van der Waals surface area (Å²) in [7, 11) is 3.21. The average Bonchev–Trinajstić information content (AvgIpc) is 2.99. The number of para-hydroxylation sites is 1. The number of hydrogen-bond donors (Lipinski definition) is 0. The first kappa shape index (κ1) is 25.9. The zero-order valence-corrected chi connectivity index (χ0v) is 22.2. The lowest BCUT2D eigenvalue weighted by Crippen LogP contribution is -2.16. The van der Waals surface area contributed by atoms with Crippen LogP contribution in [-0.4, -0.2) is 26.6 Å². The fraction of sp³-hybridized carbons (Fsp3) is 0.147.